The summed E-state index contributed by atoms with van der Waals surface area (Å²) in [6, 6.07) is 8.07. The second-order valence-electron chi connectivity index (χ2n) is 6.56. The molecule has 1 aliphatic heterocycles. The summed E-state index contributed by atoms with van der Waals surface area (Å²) in [7, 11) is 0. The minimum atomic E-state index is 0.280. The van der Waals surface area contributed by atoms with Gasteiger partial charge in [0.15, 0.2) is 0 Å². The number of hydrogen-bond acceptors (Lipinski definition) is 3. The van der Waals surface area contributed by atoms with Crippen LogP contribution < -0.4 is 0 Å². The van der Waals surface area contributed by atoms with Crippen molar-refractivity contribution in [3.05, 3.63) is 34.9 Å². The Labute approximate surface area is 151 Å². The summed E-state index contributed by atoms with van der Waals surface area (Å²) in [6.07, 6.45) is 2.05. The Morgan fingerprint density at radius 2 is 1.71 bits per heavy atom. The van der Waals surface area contributed by atoms with Gasteiger partial charge in [0.2, 0.25) is 5.91 Å². The lowest BCUT2D eigenvalue weighted by Crippen LogP contribution is -2.49. The third-order valence-corrected chi connectivity index (χ3v) is 4.69. The first-order chi connectivity index (χ1) is 11.6. The Morgan fingerprint density at radius 1 is 1.08 bits per heavy atom. The average molecular weight is 352 g/mol. The molecular formula is C19H30ClN3O. The summed E-state index contributed by atoms with van der Waals surface area (Å²) in [6.45, 7) is 11.4. The molecule has 0 spiro atoms. The van der Waals surface area contributed by atoms with Crippen LogP contribution in [0, 0.1) is 0 Å². The fourth-order valence-electron chi connectivity index (χ4n) is 3.19. The van der Waals surface area contributed by atoms with Gasteiger partial charge in [0.05, 0.1) is 6.54 Å². The van der Waals surface area contributed by atoms with Gasteiger partial charge in [-0.3, -0.25) is 14.6 Å². The number of carbonyl (C=O) groups is 1. The van der Waals surface area contributed by atoms with Crippen molar-refractivity contribution < 1.29 is 4.79 Å². The standard InChI is InChI=1S/C19H30ClN3O/c1-3-8-23(9-4-2)19(24)16-22-12-10-21(11-13-22)15-17-6-5-7-18(20)14-17/h5-7,14H,3-4,8-13,15-16H2,1-2H3. The number of rotatable bonds is 8. The van der Waals surface area contributed by atoms with Gasteiger partial charge in [-0.1, -0.05) is 37.6 Å². The molecule has 2 rings (SSSR count). The molecule has 4 nitrogen and oxygen atoms in total. The summed E-state index contributed by atoms with van der Waals surface area (Å²) in [5.74, 6) is 0.280. The minimum Gasteiger partial charge on any atom is -0.342 e. The Morgan fingerprint density at radius 3 is 2.29 bits per heavy atom. The summed E-state index contributed by atoms with van der Waals surface area (Å²) in [5, 5.41) is 0.795. The van der Waals surface area contributed by atoms with E-state index in [1.165, 1.54) is 5.56 Å². The molecule has 1 aliphatic rings. The molecule has 0 atom stereocenters. The zero-order chi connectivity index (χ0) is 17.4. The second kappa shape index (κ2) is 10.0. The summed E-state index contributed by atoms with van der Waals surface area (Å²) in [4.78, 5) is 19.2. The molecule has 0 unspecified atom stereocenters. The van der Waals surface area contributed by atoms with Crippen LogP contribution in [0.4, 0.5) is 0 Å². The predicted octanol–water partition coefficient (Wildman–Crippen LogP) is 3.11. The Balaban J connectivity index is 1.76. The first kappa shape index (κ1) is 19.2. The number of nitrogens with zero attached hydrogens (tertiary/aromatic N) is 3. The van der Waals surface area contributed by atoms with Crippen molar-refractivity contribution in [2.45, 2.75) is 33.2 Å². The van der Waals surface area contributed by atoms with E-state index in [0.29, 0.717) is 6.54 Å². The topological polar surface area (TPSA) is 26.8 Å². The monoisotopic (exact) mass is 351 g/mol. The Kier molecular flexibility index (Phi) is 8.03. The normalized spacial score (nSPS) is 16.3. The van der Waals surface area contributed by atoms with Gasteiger partial charge in [-0.15, -0.1) is 0 Å². The molecule has 1 amide bonds. The van der Waals surface area contributed by atoms with E-state index in [-0.39, 0.29) is 5.91 Å². The van der Waals surface area contributed by atoms with E-state index in [9.17, 15) is 4.79 Å². The zero-order valence-electron chi connectivity index (χ0n) is 15.0. The van der Waals surface area contributed by atoms with Crippen LogP contribution in [0.3, 0.4) is 0 Å². The van der Waals surface area contributed by atoms with Crippen molar-refractivity contribution in [3.63, 3.8) is 0 Å². The molecule has 1 saturated heterocycles. The largest absolute Gasteiger partial charge is 0.342 e. The summed E-state index contributed by atoms with van der Waals surface area (Å²) in [5.41, 5.74) is 1.25. The van der Waals surface area contributed by atoms with E-state index in [4.69, 9.17) is 11.6 Å². The minimum absolute atomic E-state index is 0.280. The molecule has 1 aromatic rings. The van der Waals surface area contributed by atoms with Crippen LogP contribution in [0.1, 0.15) is 32.3 Å². The lowest BCUT2D eigenvalue weighted by molar-refractivity contribution is -0.133. The van der Waals surface area contributed by atoms with Crippen molar-refractivity contribution >= 4 is 17.5 Å². The van der Waals surface area contributed by atoms with Gasteiger partial charge in [0.25, 0.3) is 0 Å². The van der Waals surface area contributed by atoms with Gasteiger partial charge in [-0.05, 0) is 30.5 Å². The smallest absolute Gasteiger partial charge is 0.236 e. The Bertz CT molecular complexity index is 509. The van der Waals surface area contributed by atoms with E-state index in [0.717, 1.165) is 63.7 Å². The SMILES string of the molecule is CCCN(CCC)C(=O)CN1CCN(Cc2cccc(Cl)c2)CC1. The summed E-state index contributed by atoms with van der Waals surface area (Å²) >= 11 is 6.06. The average Bonchev–Trinajstić information content (AvgIpc) is 2.56. The number of hydrogen-bond donors (Lipinski definition) is 0. The molecule has 1 aromatic carbocycles. The van der Waals surface area contributed by atoms with Crippen LogP contribution in [0.2, 0.25) is 5.02 Å². The highest BCUT2D eigenvalue weighted by molar-refractivity contribution is 6.30. The lowest BCUT2D eigenvalue weighted by Gasteiger charge is -2.35. The molecule has 1 heterocycles. The lowest BCUT2D eigenvalue weighted by atomic mass is 10.2. The van der Waals surface area contributed by atoms with Crippen LogP contribution in [0.5, 0.6) is 0 Å². The number of benzene rings is 1. The highest BCUT2D eigenvalue weighted by Crippen LogP contribution is 2.14. The molecule has 134 valence electrons. The number of piperazine rings is 1. The molecule has 5 heteroatoms. The van der Waals surface area contributed by atoms with Crippen LogP contribution in [-0.2, 0) is 11.3 Å². The molecule has 0 radical (unpaired) electrons. The number of halogens is 1. The first-order valence-electron chi connectivity index (χ1n) is 9.09. The van der Waals surface area contributed by atoms with Gasteiger partial charge in [0, 0.05) is 50.8 Å². The van der Waals surface area contributed by atoms with E-state index in [1.807, 2.05) is 23.1 Å². The van der Waals surface area contributed by atoms with E-state index >= 15 is 0 Å². The van der Waals surface area contributed by atoms with Crippen LogP contribution in [-0.4, -0.2) is 66.4 Å². The van der Waals surface area contributed by atoms with Crippen LogP contribution in [0.25, 0.3) is 0 Å². The van der Waals surface area contributed by atoms with E-state index in [2.05, 4.69) is 29.7 Å². The summed E-state index contributed by atoms with van der Waals surface area (Å²) < 4.78 is 0. The molecule has 0 bridgehead atoms. The molecule has 0 aromatic heterocycles. The molecular weight excluding hydrogens is 322 g/mol. The third-order valence-electron chi connectivity index (χ3n) is 4.46. The van der Waals surface area contributed by atoms with Gasteiger partial charge in [0.1, 0.15) is 0 Å². The molecule has 0 N–H and O–H groups in total. The maximum atomic E-state index is 12.5. The Hall–Kier alpha value is -1.10. The fraction of sp³-hybridized carbons (Fsp3) is 0.632. The molecule has 0 saturated carbocycles. The molecule has 0 aliphatic carbocycles. The highest BCUT2D eigenvalue weighted by Gasteiger charge is 2.21. The maximum Gasteiger partial charge on any atom is 0.236 e. The van der Waals surface area contributed by atoms with Crippen molar-refractivity contribution in [3.8, 4) is 0 Å². The number of amides is 1. The van der Waals surface area contributed by atoms with Gasteiger partial charge >= 0.3 is 0 Å². The van der Waals surface area contributed by atoms with Gasteiger partial charge in [-0.2, -0.15) is 0 Å². The van der Waals surface area contributed by atoms with E-state index in [1.54, 1.807) is 0 Å². The van der Waals surface area contributed by atoms with Crippen LogP contribution in [0.15, 0.2) is 24.3 Å². The highest BCUT2D eigenvalue weighted by atomic mass is 35.5. The van der Waals surface area contributed by atoms with Crippen molar-refractivity contribution in [2.24, 2.45) is 0 Å². The van der Waals surface area contributed by atoms with E-state index < -0.39 is 0 Å². The molecule has 24 heavy (non-hydrogen) atoms. The first-order valence-corrected chi connectivity index (χ1v) is 9.47. The second-order valence-corrected chi connectivity index (χ2v) is 7.00. The predicted molar refractivity (Wildman–Crippen MR) is 100 cm³/mol. The quantitative estimate of drug-likeness (QED) is 0.720. The van der Waals surface area contributed by atoms with Crippen molar-refractivity contribution in [2.75, 3.05) is 45.8 Å². The van der Waals surface area contributed by atoms with Crippen molar-refractivity contribution in [1.29, 1.82) is 0 Å². The van der Waals surface area contributed by atoms with Crippen LogP contribution >= 0.6 is 11.6 Å². The number of carbonyl (C=O) groups excluding carboxylic acids is 1. The molecule has 1 fully saturated rings. The van der Waals surface area contributed by atoms with Crippen molar-refractivity contribution in [1.82, 2.24) is 14.7 Å². The third kappa shape index (κ3) is 6.08. The fourth-order valence-corrected chi connectivity index (χ4v) is 3.40. The zero-order valence-corrected chi connectivity index (χ0v) is 15.8. The van der Waals surface area contributed by atoms with Gasteiger partial charge in [-0.25, -0.2) is 0 Å². The maximum absolute atomic E-state index is 12.5. The van der Waals surface area contributed by atoms with Gasteiger partial charge < -0.3 is 4.90 Å².